The van der Waals surface area contributed by atoms with E-state index in [0.717, 1.165) is 48.9 Å². The van der Waals surface area contributed by atoms with Crippen LogP contribution < -0.4 is 0 Å². The molecule has 2 heteroatoms. The van der Waals surface area contributed by atoms with Crippen molar-refractivity contribution in [1.82, 2.24) is 0 Å². The Hall–Kier alpha value is -1.05. The Bertz CT molecular complexity index is 767. The lowest BCUT2D eigenvalue weighted by Gasteiger charge is -2.61. The fraction of sp³-hybridized carbons (Fsp3) is 0.839. The zero-order chi connectivity index (χ0) is 24.0. The number of ether oxygens (including phenoxy) is 1. The SMILES string of the molecule is C=C(C)[C@@H](C=C[C@@H](C)[C@H]1CC[C@H]2[C@@H]3CCC4CC(OC(C)=O)CC[C@]4(C)[C@H]3CC[C@]12C)CC. The zero-order valence-electron chi connectivity index (χ0n) is 22.4. The van der Waals surface area contributed by atoms with Gasteiger partial charge < -0.3 is 4.74 Å². The molecule has 186 valence electrons. The van der Waals surface area contributed by atoms with Gasteiger partial charge in [0.1, 0.15) is 6.10 Å². The lowest BCUT2D eigenvalue weighted by atomic mass is 9.44. The molecule has 4 saturated carbocycles. The number of fused-ring (bicyclic) bond motifs is 5. The van der Waals surface area contributed by atoms with Gasteiger partial charge in [-0.1, -0.05) is 52.0 Å². The summed E-state index contributed by atoms with van der Waals surface area (Å²) in [7, 11) is 0. The zero-order valence-corrected chi connectivity index (χ0v) is 22.4. The van der Waals surface area contributed by atoms with Crippen LogP contribution >= 0.6 is 0 Å². The van der Waals surface area contributed by atoms with Crippen LogP contribution in [0.15, 0.2) is 24.3 Å². The lowest BCUT2D eigenvalue weighted by Crippen LogP contribution is -2.54. The van der Waals surface area contributed by atoms with Crippen molar-refractivity contribution < 1.29 is 9.53 Å². The highest BCUT2D eigenvalue weighted by molar-refractivity contribution is 5.66. The van der Waals surface area contributed by atoms with Crippen LogP contribution in [0.1, 0.15) is 106 Å². The summed E-state index contributed by atoms with van der Waals surface area (Å²) in [5.41, 5.74) is 2.26. The lowest BCUT2D eigenvalue weighted by molar-refractivity contribution is -0.160. The van der Waals surface area contributed by atoms with Crippen molar-refractivity contribution in [2.45, 2.75) is 112 Å². The monoisotopic (exact) mass is 454 g/mol. The van der Waals surface area contributed by atoms with Crippen LogP contribution in [0.3, 0.4) is 0 Å². The minimum absolute atomic E-state index is 0.0978. The van der Waals surface area contributed by atoms with Crippen LogP contribution in [0, 0.1) is 52.3 Å². The Labute approximate surface area is 204 Å². The first-order valence-corrected chi connectivity index (χ1v) is 14.1. The van der Waals surface area contributed by atoms with E-state index in [2.05, 4.69) is 53.3 Å². The molecule has 0 saturated heterocycles. The summed E-state index contributed by atoms with van der Waals surface area (Å²) in [4.78, 5) is 11.5. The molecule has 33 heavy (non-hydrogen) atoms. The van der Waals surface area contributed by atoms with Gasteiger partial charge in [-0.3, -0.25) is 4.79 Å². The van der Waals surface area contributed by atoms with E-state index < -0.39 is 0 Å². The molecular weight excluding hydrogens is 404 g/mol. The van der Waals surface area contributed by atoms with Gasteiger partial charge in [0.25, 0.3) is 0 Å². The Morgan fingerprint density at radius 1 is 1.00 bits per heavy atom. The van der Waals surface area contributed by atoms with Crippen LogP contribution in [0.2, 0.25) is 0 Å². The standard InChI is InChI=1S/C31H50O2/c1-8-23(20(2)3)10-9-21(4)27-13-14-28-26-12-11-24-19-25(33-22(5)32)15-17-30(24,6)29(26)16-18-31(27,28)7/h9-10,21,23-29H,2,8,11-19H2,1,3-7H3/t21-,23-,24?,25?,26+,27-,28+,29+,30+,31-/m1/s1. The van der Waals surface area contributed by atoms with E-state index in [1.165, 1.54) is 50.5 Å². The summed E-state index contributed by atoms with van der Waals surface area (Å²) in [6, 6.07) is 0. The van der Waals surface area contributed by atoms with Gasteiger partial charge in [-0.05, 0) is 123 Å². The molecule has 0 radical (unpaired) electrons. The van der Waals surface area contributed by atoms with Crippen LogP contribution in [0.5, 0.6) is 0 Å². The van der Waals surface area contributed by atoms with Crippen LogP contribution in [0.25, 0.3) is 0 Å². The van der Waals surface area contributed by atoms with Gasteiger partial charge in [-0.25, -0.2) is 0 Å². The number of esters is 1. The summed E-state index contributed by atoms with van der Waals surface area (Å²) < 4.78 is 5.66. The van der Waals surface area contributed by atoms with Gasteiger partial charge in [0, 0.05) is 6.92 Å². The van der Waals surface area contributed by atoms with Gasteiger partial charge in [-0.15, -0.1) is 0 Å². The Morgan fingerprint density at radius 2 is 1.70 bits per heavy atom. The van der Waals surface area contributed by atoms with E-state index >= 15 is 0 Å². The number of allylic oxidation sites excluding steroid dienone is 3. The Balaban J connectivity index is 1.47. The molecule has 4 aliphatic carbocycles. The molecule has 4 rings (SSSR count). The van der Waals surface area contributed by atoms with Crippen molar-refractivity contribution in [2.75, 3.05) is 0 Å². The normalized spacial score (nSPS) is 44.4. The maximum atomic E-state index is 11.5. The first kappa shape index (κ1) is 25.1. The van der Waals surface area contributed by atoms with Gasteiger partial charge in [0.15, 0.2) is 0 Å². The first-order chi connectivity index (χ1) is 15.6. The highest BCUT2D eigenvalue weighted by Gasteiger charge is 2.60. The molecule has 0 bridgehead atoms. The minimum atomic E-state index is -0.0978. The first-order valence-electron chi connectivity index (χ1n) is 14.1. The summed E-state index contributed by atoms with van der Waals surface area (Å²) in [6.45, 7) is 18.0. The van der Waals surface area contributed by atoms with Crippen molar-refractivity contribution >= 4 is 5.97 Å². The molecular formula is C31H50O2. The van der Waals surface area contributed by atoms with E-state index in [0.29, 0.717) is 22.7 Å². The maximum absolute atomic E-state index is 11.5. The number of rotatable bonds is 6. The highest BCUT2D eigenvalue weighted by Crippen LogP contribution is 2.68. The molecule has 0 heterocycles. The number of hydrogen-bond acceptors (Lipinski definition) is 2. The fourth-order valence-electron chi connectivity index (χ4n) is 9.56. The molecule has 4 fully saturated rings. The fourth-order valence-corrected chi connectivity index (χ4v) is 9.56. The van der Waals surface area contributed by atoms with Crippen LogP contribution in [0.4, 0.5) is 0 Å². The second kappa shape index (κ2) is 9.54. The third kappa shape index (κ3) is 4.50. The van der Waals surface area contributed by atoms with Crippen LogP contribution in [-0.4, -0.2) is 12.1 Å². The third-order valence-electron chi connectivity index (χ3n) is 11.4. The van der Waals surface area contributed by atoms with Crippen molar-refractivity contribution in [3.8, 4) is 0 Å². The predicted molar refractivity (Wildman–Crippen MR) is 138 cm³/mol. The molecule has 0 aromatic rings. The molecule has 0 aromatic heterocycles. The number of carbonyl (C=O) groups excluding carboxylic acids is 1. The topological polar surface area (TPSA) is 26.3 Å². The van der Waals surface area contributed by atoms with Gasteiger partial charge in [-0.2, -0.15) is 0 Å². The summed E-state index contributed by atoms with van der Waals surface area (Å²) in [5, 5.41) is 0. The molecule has 0 N–H and O–H groups in total. The molecule has 0 spiro atoms. The van der Waals surface area contributed by atoms with Crippen molar-refractivity contribution in [2.24, 2.45) is 52.3 Å². The second-order valence-corrected chi connectivity index (χ2v) is 13.0. The quantitative estimate of drug-likeness (QED) is 0.297. The van der Waals surface area contributed by atoms with E-state index in [1.807, 2.05) is 0 Å². The van der Waals surface area contributed by atoms with E-state index in [9.17, 15) is 4.79 Å². The Kier molecular flexibility index (Phi) is 7.24. The molecule has 10 atom stereocenters. The maximum Gasteiger partial charge on any atom is 0.302 e. The molecule has 0 aliphatic heterocycles. The summed E-state index contributed by atoms with van der Waals surface area (Å²) in [6.07, 6.45) is 18.2. The predicted octanol–water partition coefficient (Wildman–Crippen LogP) is 8.37. The minimum Gasteiger partial charge on any atom is -0.463 e. The van der Waals surface area contributed by atoms with E-state index in [-0.39, 0.29) is 12.1 Å². The Morgan fingerprint density at radius 3 is 2.36 bits per heavy atom. The largest absolute Gasteiger partial charge is 0.463 e. The third-order valence-corrected chi connectivity index (χ3v) is 11.4. The van der Waals surface area contributed by atoms with Crippen molar-refractivity contribution in [3.05, 3.63) is 24.3 Å². The smallest absolute Gasteiger partial charge is 0.302 e. The molecule has 0 amide bonds. The van der Waals surface area contributed by atoms with Crippen LogP contribution in [-0.2, 0) is 9.53 Å². The van der Waals surface area contributed by atoms with Gasteiger partial charge in [0.05, 0.1) is 0 Å². The van der Waals surface area contributed by atoms with Gasteiger partial charge in [0.2, 0.25) is 0 Å². The van der Waals surface area contributed by atoms with Gasteiger partial charge >= 0.3 is 5.97 Å². The molecule has 4 aliphatic rings. The highest BCUT2D eigenvalue weighted by atomic mass is 16.5. The summed E-state index contributed by atoms with van der Waals surface area (Å²) in [5.74, 6) is 5.37. The molecule has 2 nitrogen and oxygen atoms in total. The molecule has 2 unspecified atom stereocenters. The molecule has 0 aromatic carbocycles. The summed E-state index contributed by atoms with van der Waals surface area (Å²) >= 11 is 0. The van der Waals surface area contributed by atoms with Crippen molar-refractivity contribution in [1.29, 1.82) is 0 Å². The van der Waals surface area contributed by atoms with E-state index in [4.69, 9.17) is 4.74 Å². The average Bonchev–Trinajstić information content (AvgIpc) is 3.11. The second-order valence-electron chi connectivity index (χ2n) is 13.0. The number of hydrogen-bond donors (Lipinski definition) is 0. The number of carbonyl (C=O) groups is 1. The average molecular weight is 455 g/mol. The van der Waals surface area contributed by atoms with E-state index in [1.54, 1.807) is 6.92 Å². The van der Waals surface area contributed by atoms with Crippen molar-refractivity contribution in [3.63, 3.8) is 0 Å².